The van der Waals surface area contributed by atoms with E-state index in [1.165, 1.54) is 15.9 Å². The van der Waals surface area contributed by atoms with Crippen LogP contribution in [-0.2, 0) is 29.5 Å². The molecule has 9 nitrogen and oxygen atoms in total. The number of carbonyl (C=O) groups is 1. The maximum atomic E-state index is 13.3. The minimum absolute atomic E-state index is 0.0488. The Morgan fingerprint density at radius 2 is 1.80 bits per heavy atom. The van der Waals surface area contributed by atoms with Crippen LogP contribution in [0.25, 0.3) is 0 Å². The summed E-state index contributed by atoms with van der Waals surface area (Å²) in [5.74, 6) is -0.0793. The molecule has 1 N–H and O–H groups in total. The Bertz CT molecular complexity index is 1410. The number of fused-ring (bicyclic) bond motifs is 2. The molecule has 2 aromatic heterocycles. The Balaban J connectivity index is 1.18. The molecule has 1 aromatic carbocycles. The lowest BCUT2D eigenvalue weighted by atomic mass is 10.1. The van der Waals surface area contributed by atoms with E-state index in [1.807, 2.05) is 30.5 Å². The van der Waals surface area contributed by atoms with Crippen LogP contribution in [0.3, 0.4) is 0 Å². The van der Waals surface area contributed by atoms with E-state index in [-0.39, 0.29) is 10.9 Å². The molecule has 3 aliphatic heterocycles. The summed E-state index contributed by atoms with van der Waals surface area (Å²) in [5, 5.41) is 6.28. The zero-order valence-corrected chi connectivity index (χ0v) is 21.0. The number of piperazine rings is 1. The fourth-order valence-corrected chi connectivity index (χ4v) is 7.15. The molecule has 6 rings (SSSR count). The highest BCUT2D eigenvalue weighted by Gasteiger charge is 2.33. The Morgan fingerprint density at radius 1 is 1.00 bits per heavy atom. The number of nitrogens with one attached hydrogen (secondary N) is 1. The van der Waals surface area contributed by atoms with Gasteiger partial charge < -0.3 is 15.1 Å². The van der Waals surface area contributed by atoms with Crippen molar-refractivity contribution < 1.29 is 13.2 Å². The summed E-state index contributed by atoms with van der Waals surface area (Å²) < 4.78 is 28.1. The van der Waals surface area contributed by atoms with Gasteiger partial charge >= 0.3 is 0 Å². The van der Waals surface area contributed by atoms with Gasteiger partial charge in [-0.25, -0.2) is 18.4 Å². The molecule has 5 heterocycles. The Labute approximate surface area is 208 Å². The van der Waals surface area contributed by atoms with Crippen LogP contribution in [0.15, 0.2) is 40.7 Å². The zero-order valence-electron chi connectivity index (χ0n) is 19.4. The minimum Gasteiger partial charge on any atom is -0.345 e. The van der Waals surface area contributed by atoms with Crippen LogP contribution in [-0.4, -0.2) is 61.3 Å². The molecule has 0 bridgehead atoms. The van der Waals surface area contributed by atoms with Gasteiger partial charge in [0.25, 0.3) is 15.9 Å². The minimum atomic E-state index is -3.71. The van der Waals surface area contributed by atoms with E-state index in [2.05, 4.69) is 20.2 Å². The van der Waals surface area contributed by atoms with Crippen LogP contribution in [0.4, 0.5) is 10.8 Å². The molecule has 3 aliphatic rings. The lowest BCUT2D eigenvalue weighted by Crippen LogP contribution is -2.48. The van der Waals surface area contributed by atoms with Crippen molar-refractivity contribution in [2.24, 2.45) is 0 Å². The number of pyridine rings is 1. The normalized spacial score (nSPS) is 18.1. The van der Waals surface area contributed by atoms with Gasteiger partial charge in [0.05, 0.1) is 17.1 Å². The number of amides is 1. The lowest BCUT2D eigenvalue weighted by Gasteiger charge is -2.33. The van der Waals surface area contributed by atoms with E-state index < -0.39 is 10.0 Å². The van der Waals surface area contributed by atoms with E-state index in [0.29, 0.717) is 56.1 Å². The Morgan fingerprint density at radius 3 is 2.57 bits per heavy atom. The fraction of sp³-hybridized carbons (Fsp3) is 0.375. The van der Waals surface area contributed by atoms with Gasteiger partial charge in [-0.3, -0.25) is 4.79 Å². The number of sulfonamides is 1. The maximum absolute atomic E-state index is 13.3. The van der Waals surface area contributed by atoms with Crippen LogP contribution in [0, 0.1) is 6.92 Å². The summed E-state index contributed by atoms with van der Waals surface area (Å²) in [6, 6.07) is 9.08. The van der Waals surface area contributed by atoms with Gasteiger partial charge in [-0.1, -0.05) is 6.07 Å². The largest absolute Gasteiger partial charge is 0.345 e. The lowest BCUT2D eigenvalue weighted by molar-refractivity contribution is 0.0989. The number of aromatic nitrogens is 2. The number of anilines is 2. The summed E-state index contributed by atoms with van der Waals surface area (Å²) in [5.41, 5.74) is 5.34. The molecule has 0 radical (unpaired) electrons. The molecule has 0 atom stereocenters. The summed E-state index contributed by atoms with van der Waals surface area (Å²) in [6.45, 7) is 6.01. The molecule has 1 saturated heterocycles. The van der Waals surface area contributed by atoms with Gasteiger partial charge in [0.2, 0.25) is 0 Å². The topological polar surface area (TPSA) is 98.7 Å². The van der Waals surface area contributed by atoms with Crippen molar-refractivity contribution in [2.45, 2.75) is 31.5 Å². The monoisotopic (exact) mass is 510 g/mol. The molecule has 1 amide bonds. The smallest absolute Gasteiger partial charge is 0.260 e. The van der Waals surface area contributed by atoms with Gasteiger partial charge in [0, 0.05) is 63.2 Å². The van der Waals surface area contributed by atoms with E-state index in [4.69, 9.17) is 0 Å². The number of hydrogen-bond donors (Lipinski definition) is 1. The van der Waals surface area contributed by atoms with E-state index in [1.54, 1.807) is 22.3 Å². The molecular formula is C24H26N6O3S2. The Kier molecular flexibility index (Phi) is 5.59. The summed E-state index contributed by atoms with van der Waals surface area (Å²) in [6.07, 6.45) is 0.536. The second kappa shape index (κ2) is 8.66. The van der Waals surface area contributed by atoms with Crippen molar-refractivity contribution in [3.8, 4) is 0 Å². The number of nitrogens with zero attached hydrogens (tertiary/aromatic N) is 5. The van der Waals surface area contributed by atoms with Crippen LogP contribution >= 0.6 is 11.3 Å². The second-order valence-electron chi connectivity index (χ2n) is 9.07. The van der Waals surface area contributed by atoms with Crippen LogP contribution in [0.2, 0.25) is 0 Å². The van der Waals surface area contributed by atoms with Crippen molar-refractivity contribution in [2.75, 3.05) is 42.5 Å². The molecule has 0 aliphatic carbocycles. The van der Waals surface area contributed by atoms with Gasteiger partial charge in [0.1, 0.15) is 0 Å². The predicted molar refractivity (Wildman–Crippen MR) is 134 cm³/mol. The first-order valence-electron chi connectivity index (χ1n) is 11.7. The average molecular weight is 511 g/mol. The molecule has 11 heteroatoms. The van der Waals surface area contributed by atoms with E-state index in [9.17, 15) is 13.2 Å². The molecule has 182 valence electrons. The Hall–Kier alpha value is -2.86. The first-order chi connectivity index (χ1) is 16.9. The second-order valence-corrected chi connectivity index (χ2v) is 11.8. The highest BCUT2D eigenvalue weighted by molar-refractivity contribution is 7.89. The van der Waals surface area contributed by atoms with E-state index in [0.717, 1.165) is 29.5 Å². The highest BCUT2D eigenvalue weighted by atomic mass is 32.2. The fourth-order valence-electron chi connectivity index (χ4n) is 4.92. The number of rotatable bonds is 4. The van der Waals surface area contributed by atoms with Crippen molar-refractivity contribution >= 4 is 38.1 Å². The van der Waals surface area contributed by atoms with Gasteiger partial charge in [-0.05, 0) is 42.3 Å². The van der Waals surface area contributed by atoms with Crippen molar-refractivity contribution in [1.29, 1.82) is 0 Å². The van der Waals surface area contributed by atoms with Gasteiger partial charge in [-0.15, -0.1) is 11.3 Å². The van der Waals surface area contributed by atoms with Crippen molar-refractivity contribution in [1.82, 2.24) is 19.6 Å². The summed E-state index contributed by atoms with van der Waals surface area (Å²) in [4.78, 5) is 26.1. The number of carbonyl (C=O) groups excluding carboxylic acids is 1. The number of aryl methyl sites for hydroxylation is 1. The maximum Gasteiger partial charge on any atom is 0.260 e. The standard InChI is InChI=1S/C24H26N6O3S2/c1-16-15-34-24(26-16)28-8-10-29(11-9-28)35(32,33)22-5-4-21-20(27-22)6-7-30(21)23(31)17-2-3-18-13-25-14-19(18)12-17/h2-5,12,15,25H,6-11,13-14H2,1H3. The van der Waals surface area contributed by atoms with Crippen LogP contribution < -0.4 is 15.1 Å². The SMILES string of the molecule is Cc1csc(N2CCN(S(=O)(=O)c3ccc4c(n3)CCN4C(=O)c3ccc4c(c3)CNC4)CC2)n1. The molecule has 0 saturated carbocycles. The molecule has 0 unspecified atom stereocenters. The van der Waals surface area contributed by atoms with Crippen LogP contribution in [0.5, 0.6) is 0 Å². The molecule has 3 aromatic rings. The van der Waals surface area contributed by atoms with Gasteiger partial charge in [-0.2, -0.15) is 4.31 Å². The number of hydrogen-bond acceptors (Lipinski definition) is 8. The highest BCUT2D eigenvalue weighted by Crippen LogP contribution is 2.31. The average Bonchev–Trinajstić information content (AvgIpc) is 3.62. The van der Waals surface area contributed by atoms with E-state index >= 15 is 0 Å². The van der Waals surface area contributed by atoms with Gasteiger partial charge in [0.15, 0.2) is 10.2 Å². The number of benzene rings is 1. The quantitative estimate of drug-likeness (QED) is 0.574. The number of thiazole rings is 1. The third-order valence-electron chi connectivity index (χ3n) is 6.84. The molecule has 1 fully saturated rings. The molecule has 0 spiro atoms. The zero-order chi connectivity index (χ0) is 24.2. The molecular weight excluding hydrogens is 484 g/mol. The molecule has 35 heavy (non-hydrogen) atoms. The first kappa shape index (κ1) is 22.6. The first-order valence-corrected chi connectivity index (χ1v) is 14.0. The summed E-state index contributed by atoms with van der Waals surface area (Å²) in [7, 11) is -3.71. The third kappa shape index (κ3) is 4.02. The van der Waals surface area contributed by atoms with Crippen molar-refractivity contribution in [3.05, 3.63) is 63.8 Å². The predicted octanol–water partition coefficient (Wildman–Crippen LogP) is 2.16. The summed E-state index contributed by atoms with van der Waals surface area (Å²) >= 11 is 1.58. The van der Waals surface area contributed by atoms with Crippen LogP contribution in [0.1, 0.15) is 32.9 Å². The van der Waals surface area contributed by atoms with Crippen molar-refractivity contribution in [3.63, 3.8) is 0 Å². The third-order valence-corrected chi connectivity index (χ3v) is 9.66.